The minimum atomic E-state index is 1.10. The maximum Gasteiger partial charge on any atom is 0.0359 e. The Balaban J connectivity index is 2.75. The van der Waals surface area contributed by atoms with Crippen LogP contribution < -0.4 is 0 Å². The van der Waals surface area contributed by atoms with E-state index in [4.69, 9.17) is 0 Å². The molecular weight excluding hydrogens is 196 g/mol. The molecule has 0 radical (unpaired) electrons. The Morgan fingerprint density at radius 3 is 2.77 bits per heavy atom. The third-order valence-corrected chi connectivity index (χ3v) is 3.76. The van der Waals surface area contributed by atoms with Crippen LogP contribution in [-0.2, 0) is 6.42 Å². The molecule has 2 rings (SSSR count). The molecule has 1 heterocycles. The van der Waals surface area contributed by atoms with Gasteiger partial charge in [0.05, 0.1) is 0 Å². The molecule has 0 saturated heterocycles. The Labute approximate surface area is 88.0 Å². The summed E-state index contributed by atoms with van der Waals surface area (Å²) in [5.41, 5.74) is 1.29. The third kappa shape index (κ3) is 1.61. The fourth-order valence-corrected chi connectivity index (χ4v) is 3.07. The normalized spacial score (nSPS) is 11.0. The number of rotatable bonds is 1. The first-order chi connectivity index (χ1) is 6.20. The molecule has 2 aromatic rings. The van der Waals surface area contributed by atoms with Crippen molar-refractivity contribution in [3.05, 3.63) is 28.6 Å². The first kappa shape index (κ1) is 9.10. The summed E-state index contributed by atoms with van der Waals surface area (Å²) in [5.74, 6) is 0. The number of hydrogen-bond donors (Lipinski definition) is 1. The van der Waals surface area contributed by atoms with Crippen molar-refractivity contribution < 1.29 is 0 Å². The van der Waals surface area contributed by atoms with Crippen LogP contribution in [0.25, 0.3) is 10.1 Å². The molecular formula is C11H12S2. The summed E-state index contributed by atoms with van der Waals surface area (Å²) in [7, 11) is 0. The van der Waals surface area contributed by atoms with E-state index in [-0.39, 0.29) is 0 Å². The first-order valence-electron chi connectivity index (χ1n) is 4.42. The van der Waals surface area contributed by atoms with Crippen molar-refractivity contribution in [3.63, 3.8) is 0 Å². The van der Waals surface area contributed by atoms with E-state index < -0.39 is 0 Å². The van der Waals surface area contributed by atoms with Crippen LogP contribution in [0.15, 0.2) is 23.1 Å². The maximum atomic E-state index is 4.48. The van der Waals surface area contributed by atoms with E-state index in [1.54, 1.807) is 0 Å². The molecule has 0 bridgehead atoms. The Morgan fingerprint density at radius 2 is 2.08 bits per heavy atom. The first-order valence-corrected chi connectivity index (χ1v) is 5.69. The molecule has 0 atom stereocenters. The van der Waals surface area contributed by atoms with Crippen LogP contribution in [-0.4, -0.2) is 0 Å². The minimum absolute atomic E-state index is 1.10. The zero-order valence-corrected chi connectivity index (χ0v) is 9.51. The van der Waals surface area contributed by atoms with E-state index in [0.717, 1.165) is 11.3 Å². The summed E-state index contributed by atoms with van der Waals surface area (Å²) < 4.78 is 1.36. The van der Waals surface area contributed by atoms with E-state index in [1.807, 2.05) is 11.3 Å². The van der Waals surface area contributed by atoms with Gasteiger partial charge in [0.1, 0.15) is 0 Å². The van der Waals surface area contributed by atoms with Gasteiger partial charge in [-0.15, -0.1) is 24.0 Å². The fraction of sp³-hybridized carbons (Fsp3) is 0.273. The predicted octanol–water partition coefficient (Wildman–Crippen LogP) is 4.06. The second-order valence-electron chi connectivity index (χ2n) is 3.26. The summed E-state index contributed by atoms with van der Waals surface area (Å²) in [6.07, 6.45) is 1.12. The summed E-state index contributed by atoms with van der Waals surface area (Å²) in [4.78, 5) is 2.54. The summed E-state index contributed by atoms with van der Waals surface area (Å²) in [6.45, 7) is 4.31. The molecule has 0 nitrogen and oxygen atoms in total. The zero-order chi connectivity index (χ0) is 9.42. The fourth-order valence-electron chi connectivity index (χ4n) is 1.48. The molecule has 0 aliphatic heterocycles. The molecule has 13 heavy (non-hydrogen) atoms. The Kier molecular flexibility index (Phi) is 2.35. The second kappa shape index (κ2) is 3.35. The molecule has 0 N–H and O–H groups in total. The molecule has 68 valence electrons. The van der Waals surface area contributed by atoms with Gasteiger partial charge in [-0.05, 0) is 37.1 Å². The van der Waals surface area contributed by atoms with Crippen LogP contribution in [0.3, 0.4) is 0 Å². The van der Waals surface area contributed by atoms with Crippen LogP contribution in [0.4, 0.5) is 0 Å². The van der Waals surface area contributed by atoms with Crippen LogP contribution in [0.1, 0.15) is 17.4 Å². The smallest absolute Gasteiger partial charge is 0.0359 e. The van der Waals surface area contributed by atoms with Crippen molar-refractivity contribution >= 4 is 34.1 Å². The molecule has 0 aliphatic rings. The Hall–Kier alpha value is -0.470. The molecule has 0 spiro atoms. The molecule has 1 aromatic carbocycles. The van der Waals surface area contributed by atoms with Crippen molar-refractivity contribution in [1.82, 2.24) is 0 Å². The molecule has 0 unspecified atom stereocenters. The summed E-state index contributed by atoms with van der Waals surface area (Å²) in [6, 6.07) is 6.61. The highest BCUT2D eigenvalue weighted by atomic mass is 32.1. The largest absolute Gasteiger partial charge is 0.143 e. The summed E-state index contributed by atoms with van der Waals surface area (Å²) >= 11 is 6.36. The maximum absolute atomic E-state index is 4.48. The number of thiophene rings is 1. The minimum Gasteiger partial charge on any atom is -0.143 e. The van der Waals surface area contributed by atoms with E-state index >= 15 is 0 Å². The highest BCUT2D eigenvalue weighted by Crippen LogP contribution is 2.31. The van der Waals surface area contributed by atoms with Crippen LogP contribution in [0, 0.1) is 6.92 Å². The van der Waals surface area contributed by atoms with Crippen molar-refractivity contribution in [1.29, 1.82) is 0 Å². The number of hydrogen-bond acceptors (Lipinski definition) is 2. The summed E-state index contributed by atoms with van der Waals surface area (Å²) in [5, 5.41) is 1.30. The second-order valence-corrected chi connectivity index (χ2v) is 4.91. The van der Waals surface area contributed by atoms with Gasteiger partial charge in [-0.3, -0.25) is 0 Å². The predicted molar refractivity (Wildman–Crippen MR) is 63.2 cm³/mol. The number of benzene rings is 1. The van der Waals surface area contributed by atoms with Gasteiger partial charge >= 0.3 is 0 Å². The van der Waals surface area contributed by atoms with Crippen LogP contribution in [0.2, 0.25) is 0 Å². The lowest BCUT2D eigenvalue weighted by atomic mass is 10.2. The molecule has 0 saturated carbocycles. The molecule has 0 amide bonds. The van der Waals surface area contributed by atoms with Crippen molar-refractivity contribution in [2.45, 2.75) is 25.2 Å². The highest BCUT2D eigenvalue weighted by molar-refractivity contribution is 7.80. The molecule has 2 heteroatoms. The van der Waals surface area contributed by atoms with Gasteiger partial charge in [-0.25, -0.2) is 0 Å². The van der Waals surface area contributed by atoms with E-state index in [1.165, 1.54) is 20.5 Å². The van der Waals surface area contributed by atoms with Crippen molar-refractivity contribution in [2.24, 2.45) is 0 Å². The third-order valence-electron chi connectivity index (χ3n) is 2.16. The van der Waals surface area contributed by atoms with Gasteiger partial charge in [-0.1, -0.05) is 6.92 Å². The van der Waals surface area contributed by atoms with Crippen molar-refractivity contribution in [2.75, 3.05) is 0 Å². The lowest BCUT2D eigenvalue weighted by Crippen LogP contribution is -1.72. The molecule has 1 aromatic heterocycles. The Morgan fingerprint density at radius 1 is 1.31 bits per heavy atom. The average Bonchev–Trinajstić information content (AvgIpc) is 2.47. The van der Waals surface area contributed by atoms with Gasteiger partial charge < -0.3 is 0 Å². The monoisotopic (exact) mass is 208 g/mol. The lowest BCUT2D eigenvalue weighted by molar-refractivity contribution is 1.19. The average molecular weight is 208 g/mol. The number of aryl methyl sites for hydroxylation is 2. The van der Waals surface area contributed by atoms with E-state index in [2.05, 4.69) is 44.7 Å². The number of fused-ring (bicyclic) bond motifs is 1. The standard InChI is InChI=1S/C11H12S2/c1-3-8-6-9-10(12)4-7(2)5-11(9)13-8/h4-6,12H,3H2,1-2H3. The highest BCUT2D eigenvalue weighted by Gasteiger charge is 2.03. The van der Waals surface area contributed by atoms with Crippen molar-refractivity contribution in [3.8, 4) is 0 Å². The SMILES string of the molecule is CCc1cc2c(S)cc(C)cc2s1. The van der Waals surface area contributed by atoms with Gasteiger partial charge in [0, 0.05) is 19.9 Å². The van der Waals surface area contributed by atoms with Gasteiger partial charge in [-0.2, -0.15) is 0 Å². The van der Waals surface area contributed by atoms with Crippen LogP contribution in [0.5, 0.6) is 0 Å². The molecule has 0 fully saturated rings. The topological polar surface area (TPSA) is 0 Å². The van der Waals surface area contributed by atoms with Crippen LogP contribution >= 0.6 is 24.0 Å². The van der Waals surface area contributed by atoms with Gasteiger partial charge in [0.2, 0.25) is 0 Å². The lowest BCUT2D eigenvalue weighted by Gasteiger charge is -1.96. The quantitative estimate of drug-likeness (QED) is 0.671. The van der Waals surface area contributed by atoms with E-state index in [9.17, 15) is 0 Å². The zero-order valence-electron chi connectivity index (χ0n) is 7.79. The van der Waals surface area contributed by atoms with Gasteiger partial charge in [0.15, 0.2) is 0 Å². The van der Waals surface area contributed by atoms with E-state index in [0.29, 0.717) is 0 Å². The van der Waals surface area contributed by atoms with Gasteiger partial charge in [0.25, 0.3) is 0 Å². The molecule has 0 aliphatic carbocycles. The Bertz CT molecular complexity index is 441. The number of thiol groups is 1.